The number of benzene rings is 1. The number of hydrogen-bond acceptors (Lipinski definition) is 2. The maximum absolute atomic E-state index is 11.6. The molecule has 1 aromatic rings. The number of methoxy groups -OCH3 is 1. The molecular formula is C14H20O2. The molecule has 88 valence electrons. The van der Waals surface area contributed by atoms with E-state index in [0.717, 1.165) is 17.7 Å². The highest BCUT2D eigenvalue weighted by Crippen LogP contribution is 2.14. The highest BCUT2D eigenvalue weighted by atomic mass is 16.5. The number of aryl methyl sites for hydroxylation is 1. The van der Waals surface area contributed by atoms with Crippen LogP contribution >= 0.6 is 0 Å². The molecule has 1 aromatic carbocycles. The monoisotopic (exact) mass is 220 g/mol. The first kappa shape index (κ1) is 12.8. The van der Waals surface area contributed by atoms with Crippen molar-refractivity contribution in [2.45, 2.75) is 33.1 Å². The van der Waals surface area contributed by atoms with Crippen LogP contribution in [0.4, 0.5) is 0 Å². The van der Waals surface area contributed by atoms with Crippen molar-refractivity contribution in [3.05, 3.63) is 29.8 Å². The van der Waals surface area contributed by atoms with Gasteiger partial charge in [-0.2, -0.15) is 0 Å². The first-order valence-electron chi connectivity index (χ1n) is 5.76. The number of rotatable bonds is 6. The van der Waals surface area contributed by atoms with Gasteiger partial charge in [0.2, 0.25) is 0 Å². The lowest BCUT2D eigenvalue weighted by atomic mass is 10.0. The summed E-state index contributed by atoms with van der Waals surface area (Å²) in [5, 5.41) is 0. The minimum absolute atomic E-state index is 0.345. The van der Waals surface area contributed by atoms with Crippen molar-refractivity contribution in [3.63, 3.8) is 0 Å². The van der Waals surface area contributed by atoms with Crippen LogP contribution in [0, 0.1) is 5.92 Å². The van der Waals surface area contributed by atoms with Gasteiger partial charge in [0.05, 0.1) is 7.11 Å². The van der Waals surface area contributed by atoms with E-state index in [9.17, 15) is 4.79 Å². The SMILES string of the molecule is COc1cccc(CCC(=O)CC(C)C)c1. The van der Waals surface area contributed by atoms with Crippen molar-refractivity contribution in [3.8, 4) is 5.75 Å². The summed E-state index contributed by atoms with van der Waals surface area (Å²) in [4.78, 5) is 11.6. The fourth-order valence-corrected chi connectivity index (χ4v) is 1.67. The van der Waals surface area contributed by atoms with Crippen molar-refractivity contribution < 1.29 is 9.53 Å². The van der Waals surface area contributed by atoms with Crippen LogP contribution in [-0.2, 0) is 11.2 Å². The van der Waals surface area contributed by atoms with E-state index in [4.69, 9.17) is 4.74 Å². The van der Waals surface area contributed by atoms with Gasteiger partial charge >= 0.3 is 0 Å². The van der Waals surface area contributed by atoms with Crippen molar-refractivity contribution in [2.24, 2.45) is 5.92 Å². The van der Waals surface area contributed by atoms with Gasteiger partial charge in [-0.05, 0) is 30.0 Å². The molecule has 0 amide bonds. The second kappa shape index (κ2) is 6.31. The normalized spacial score (nSPS) is 10.5. The summed E-state index contributed by atoms with van der Waals surface area (Å²) in [5.41, 5.74) is 1.16. The summed E-state index contributed by atoms with van der Waals surface area (Å²) in [6.07, 6.45) is 2.12. The first-order valence-corrected chi connectivity index (χ1v) is 5.76. The van der Waals surface area contributed by atoms with Crippen LogP contribution in [0.25, 0.3) is 0 Å². The molecule has 2 nitrogen and oxygen atoms in total. The van der Waals surface area contributed by atoms with Crippen molar-refractivity contribution in [2.75, 3.05) is 7.11 Å². The Morgan fingerprint density at radius 2 is 2.12 bits per heavy atom. The topological polar surface area (TPSA) is 26.3 Å². The number of hydrogen-bond donors (Lipinski definition) is 0. The van der Waals surface area contributed by atoms with Gasteiger partial charge in [0, 0.05) is 12.8 Å². The molecule has 0 N–H and O–H groups in total. The van der Waals surface area contributed by atoms with E-state index in [1.165, 1.54) is 0 Å². The highest BCUT2D eigenvalue weighted by molar-refractivity contribution is 5.78. The van der Waals surface area contributed by atoms with Gasteiger partial charge < -0.3 is 4.74 Å². The summed E-state index contributed by atoms with van der Waals surface area (Å²) >= 11 is 0. The lowest BCUT2D eigenvalue weighted by Crippen LogP contribution is -2.04. The van der Waals surface area contributed by atoms with Gasteiger partial charge in [0.15, 0.2) is 0 Å². The minimum Gasteiger partial charge on any atom is -0.497 e. The molecule has 1 rings (SSSR count). The molecule has 0 spiro atoms. The molecule has 0 atom stereocenters. The summed E-state index contributed by atoms with van der Waals surface area (Å²) in [7, 11) is 1.66. The minimum atomic E-state index is 0.345. The second-order valence-electron chi connectivity index (χ2n) is 4.49. The number of Topliss-reactive ketones (excluding diaryl/α,β-unsaturated/α-hetero) is 1. The predicted molar refractivity (Wildman–Crippen MR) is 65.8 cm³/mol. The Morgan fingerprint density at radius 3 is 2.75 bits per heavy atom. The van der Waals surface area contributed by atoms with Gasteiger partial charge in [-0.25, -0.2) is 0 Å². The molecule has 2 heteroatoms. The van der Waals surface area contributed by atoms with E-state index in [-0.39, 0.29) is 0 Å². The molecule has 16 heavy (non-hydrogen) atoms. The number of carbonyl (C=O) groups is 1. The smallest absolute Gasteiger partial charge is 0.133 e. The third-order valence-electron chi connectivity index (χ3n) is 2.46. The summed E-state index contributed by atoms with van der Waals surface area (Å²) in [5.74, 6) is 1.66. The van der Waals surface area contributed by atoms with E-state index >= 15 is 0 Å². The maximum Gasteiger partial charge on any atom is 0.133 e. The van der Waals surface area contributed by atoms with E-state index in [2.05, 4.69) is 13.8 Å². The van der Waals surface area contributed by atoms with E-state index in [0.29, 0.717) is 24.5 Å². The van der Waals surface area contributed by atoms with Gasteiger partial charge in [0.25, 0.3) is 0 Å². The average molecular weight is 220 g/mol. The van der Waals surface area contributed by atoms with E-state index in [1.807, 2.05) is 24.3 Å². The summed E-state index contributed by atoms with van der Waals surface area (Å²) in [6, 6.07) is 7.90. The van der Waals surface area contributed by atoms with Crippen molar-refractivity contribution in [1.82, 2.24) is 0 Å². The van der Waals surface area contributed by atoms with Crippen LogP contribution in [0.1, 0.15) is 32.3 Å². The summed E-state index contributed by atoms with van der Waals surface area (Å²) in [6.45, 7) is 4.15. The highest BCUT2D eigenvalue weighted by Gasteiger charge is 2.05. The van der Waals surface area contributed by atoms with Gasteiger partial charge in [-0.3, -0.25) is 4.79 Å². The lowest BCUT2D eigenvalue weighted by Gasteiger charge is -2.05. The van der Waals surface area contributed by atoms with Gasteiger partial charge in [-0.15, -0.1) is 0 Å². The van der Waals surface area contributed by atoms with Crippen molar-refractivity contribution >= 4 is 5.78 Å². The zero-order chi connectivity index (χ0) is 12.0. The Morgan fingerprint density at radius 1 is 1.38 bits per heavy atom. The van der Waals surface area contributed by atoms with Crippen LogP contribution in [0.5, 0.6) is 5.75 Å². The fourth-order valence-electron chi connectivity index (χ4n) is 1.67. The Bertz CT molecular complexity index is 342. The molecule has 0 bridgehead atoms. The van der Waals surface area contributed by atoms with Crippen LogP contribution < -0.4 is 4.74 Å². The van der Waals surface area contributed by atoms with E-state index in [1.54, 1.807) is 7.11 Å². The number of carbonyl (C=O) groups excluding carboxylic acids is 1. The average Bonchev–Trinajstić information content (AvgIpc) is 2.26. The molecule has 0 aliphatic heterocycles. The molecule has 0 saturated carbocycles. The third-order valence-corrected chi connectivity index (χ3v) is 2.46. The largest absolute Gasteiger partial charge is 0.497 e. The molecule has 0 unspecified atom stereocenters. The Balaban J connectivity index is 2.45. The number of ether oxygens (including phenoxy) is 1. The van der Waals surface area contributed by atoms with E-state index < -0.39 is 0 Å². The molecule has 0 heterocycles. The maximum atomic E-state index is 11.6. The van der Waals surface area contributed by atoms with Gasteiger partial charge in [0.1, 0.15) is 11.5 Å². The Hall–Kier alpha value is -1.31. The zero-order valence-electron chi connectivity index (χ0n) is 10.3. The first-order chi connectivity index (χ1) is 7.61. The quantitative estimate of drug-likeness (QED) is 0.735. The van der Waals surface area contributed by atoms with Gasteiger partial charge in [-0.1, -0.05) is 26.0 Å². The predicted octanol–water partition coefficient (Wildman–Crippen LogP) is 3.24. The molecule has 0 fully saturated rings. The molecule has 0 saturated heterocycles. The van der Waals surface area contributed by atoms with Crippen LogP contribution in [-0.4, -0.2) is 12.9 Å². The zero-order valence-corrected chi connectivity index (χ0v) is 10.3. The lowest BCUT2D eigenvalue weighted by molar-refractivity contribution is -0.119. The van der Waals surface area contributed by atoms with Crippen LogP contribution in [0.15, 0.2) is 24.3 Å². The number of ketones is 1. The Labute approximate surface area is 97.6 Å². The second-order valence-corrected chi connectivity index (χ2v) is 4.49. The third kappa shape index (κ3) is 4.47. The molecule has 0 radical (unpaired) electrons. The van der Waals surface area contributed by atoms with Crippen LogP contribution in [0.2, 0.25) is 0 Å². The molecular weight excluding hydrogens is 200 g/mol. The standard InChI is InChI=1S/C14H20O2/c1-11(2)9-13(15)8-7-12-5-4-6-14(10-12)16-3/h4-6,10-11H,7-9H2,1-3H3. The molecule has 0 aliphatic carbocycles. The molecule has 0 aromatic heterocycles. The van der Waals surface area contributed by atoms with Crippen LogP contribution in [0.3, 0.4) is 0 Å². The molecule has 0 aliphatic rings. The summed E-state index contributed by atoms with van der Waals surface area (Å²) < 4.78 is 5.14. The fraction of sp³-hybridized carbons (Fsp3) is 0.500. The van der Waals surface area contributed by atoms with Crippen molar-refractivity contribution in [1.29, 1.82) is 0 Å². The Kier molecular flexibility index (Phi) is 5.03.